The summed E-state index contributed by atoms with van der Waals surface area (Å²) < 4.78 is 25.0. The van der Waals surface area contributed by atoms with Gasteiger partial charge in [-0.05, 0) is 24.6 Å². The fraction of sp³-hybridized carbons (Fsp3) is 0.364. The molecule has 0 atom stereocenters. The van der Waals surface area contributed by atoms with Gasteiger partial charge in [0.1, 0.15) is 0 Å². The summed E-state index contributed by atoms with van der Waals surface area (Å²) in [7, 11) is -3.64. The average Bonchev–Trinajstić information content (AvgIpc) is 2.62. The summed E-state index contributed by atoms with van der Waals surface area (Å²) in [5, 5.41) is 0. The number of aromatic amines is 1. The number of nitrogens with zero attached hydrogens (tertiary/aromatic N) is 1. The summed E-state index contributed by atoms with van der Waals surface area (Å²) in [4.78, 5) is 14.3. The Balaban J connectivity index is 2.67. The Morgan fingerprint density at radius 3 is 2.78 bits per heavy atom. The van der Waals surface area contributed by atoms with Crippen molar-refractivity contribution >= 4 is 26.7 Å². The first-order chi connectivity index (χ1) is 8.45. The number of fused-ring (bicyclic) bond motifs is 1. The predicted molar refractivity (Wildman–Crippen MR) is 71.1 cm³/mol. The van der Waals surface area contributed by atoms with Crippen LogP contribution in [0.3, 0.4) is 0 Å². The van der Waals surface area contributed by atoms with Gasteiger partial charge in [-0.25, -0.2) is 13.2 Å². The van der Waals surface area contributed by atoms with Crippen LogP contribution in [-0.4, -0.2) is 23.1 Å². The van der Waals surface area contributed by atoms with Gasteiger partial charge in [0.25, 0.3) is 0 Å². The molecule has 0 amide bonds. The standard InChI is InChI=1S/C11H15N3O3S/c1-2-3-6-18(16,17)14-10-7-8(12)4-5-9(10)13-11(14)15/h4-5,7H,2-3,6,12H2,1H3,(H,13,15). The molecule has 1 aromatic carbocycles. The van der Waals surface area contributed by atoms with Crippen LogP contribution in [0.1, 0.15) is 19.8 Å². The first-order valence-corrected chi connectivity index (χ1v) is 7.30. The average molecular weight is 269 g/mol. The Hall–Kier alpha value is -1.76. The topological polar surface area (TPSA) is 98.0 Å². The molecule has 0 unspecified atom stereocenters. The number of anilines is 1. The van der Waals surface area contributed by atoms with Gasteiger partial charge in [-0.2, -0.15) is 3.97 Å². The maximum absolute atomic E-state index is 12.1. The lowest BCUT2D eigenvalue weighted by Gasteiger charge is -2.04. The number of aromatic nitrogens is 2. The van der Waals surface area contributed by atoms with E-state index >= 15 is 0 Å². The molecule has 7 heteroatoms. The first kappa shape index (κ1) is 12.7. The van der Waals surface area contributed by atoms with E-state index in [1.807, 2.05) is 6.92 Å². The quantitative estimate of drug-likeness (QED) is 0.805. The maximum atomic E-state index is 12.1. The number of rotatable bonds is 4. The molecule has 18 heavy (non-hydrogen) atoms. The van der Waals surface area contributed by atoms with Gasteiger partial charge in [0.2, 0.25) is 10.0 Å². The fourth-order valence-corrected chi connectivity index (χ4v) is 3.38. The number of benzene rings is 1. The minimum Gasteiger partial charge on any atom is -0.399 e. The van der Waals surface area contributed by atoms with Crippen molar-refractivity contribution in [1.82, 2.24) is 8.96 Å². The van der Waals surface area contributed by atoms with Gasteiger partial charge >= 0.3 is 5.69 Å². The molecule has 0 saturated carbocycles. The lowest BCUT2D eigenvalue weighted by molar-refractivity contribution is 0.583. The zero-order valence-electron chi connectivity index (χ0n) is 10.0. The van der Waals surface area contributed by atoms with E-state index in [1.54, 1.807) is 12.1 Å². The number of nitrogens with two attached hydrogens (primary N) is 1. The molecule has 0 aliphatic carbocycles. The van der Waals surface area contributed by atoms with E-state index in [0.29, 0.717) is 23.1 Å². The summed E-state index contributed by atoms with van der Waals surface area (Å²) in [6, 6.07) is 4.69. The van der Waals surface area contributed by atoms with Gasteiger partial charge in [0.05, 0.1) is 16.8 Å². The van der Waals surface area contributed by atoms with Gasteiger partial charge < -0.3 is 10.7 Å². The van der Waals surface area contributed by atoms with E-state index in [-0.39, 0.29) is 5.75 Å². The normalized spacial score (nSPS) is 12.1. The van der Waals surface area contributed by atoms with E-state index in [4.69, 9.17) is 5.73 Å². The second-order valence-electron chi connectivity index (χ2n) is 4.14. The molecule has 1 heterocycles. The van der Waals surface area contributed by atoms with Gasteiger partial charge in [0, 0.05) is 5.69 Å². The zero-order valence-corrected chi connectivity index (χ0v) is 10.8. The van der Waals surface area contributed by atoms with Crippen molar-refractivity contribution in [2.45, 2.75) is 19.8 Å². The SMILES string of the molecule is CCCCS(=O)(=O)n1c(=O)[nH]c2ccc(N)cc21. The van der Waals surface area contributed by atoms with Crippen molar-refractivity contribution in [1.29, 1.82) is 0 Å². The van der Waals surface area contributed by atoms with Gasteiger partial charge in [-0.15, -0.1) is 0 Å². The molecule has 0 radical (unpaired) electrons. The van der Waals surface area contributed by atoms with Crippen molar-refractivity contribution in [3.63, 3.8) is 0 Å². The Morgan fingerprint density at radius 1 is 1.39 bits per heavy atom. The largest absolute Gasteiger partial charge is 0.399 e. The highest BCUT2D eigenvalue weighted by Gasteiger charge is 2.19. The lowest BCUT2D eigenvalue weighted by atomic mass is 10.3. The van der Waals surface area contributed by atoms with Crippen molar-refractivity contribution in [2.75, 3.05) is 11.5 Å². The molecule has 0 aliphatic heterocycles. The van der Waals surface area contributed by atoms with E-state index in [1.165, 1.54) is 6.07 Å². The van der Waals surface area contributed by atoms with Crippen molar-refractivity contribution in [2.24, 2.45) is 0 Å². The number of hydrogen-bond donors (Lipinski definition) is 2. The molecule has 2 rings (SSSR count). The number of hydrogen-bond acceptors (Lipinski definition) is 4. The molecule has 6 nitrogen and oxygen atoms in total. The Morgan fingerprint density at radius 2 is 2.11 bits per heavy atom. The van der Waals surface area contributed by atoms with Gasteiger partial charge in [-0.1, -0.05) is 13.3 Å². The van der Waals surface area contributed by atoms with Crippen molar-refractivity contribution < 1.29 is 8.42 Å². The number of nitrogens with one attached hydrogen (secondary N) is 1. The smallest absolute Gasteiger partial charge is 0.340 e. The summed E-state index contributed by atoms with van der Waals surface area (Å²) >= 11 is 0. The number of unbranched alkanes of at least 4 members (excludes halogenated alkanes) is 1. The van der Waals surface area contributed by atoms with Crippen LogP contribution in [0.4, 0.5) is 5.69 Å². The molecule has 0 spiro atoms. The molecule has 2 aromatic rings. The molecule has 0 saturated heterocycles. The third kappa shape index (κ3) is 2.13. The third-order valence-electron chi connectivity index (χ3n) is 2.70. The van der Waals surface area contributed by atoms with Crippen LogP contribution in [0.25, 0.3) is 11.0 Å². The van der Waals surface area contributed by atoms with Crippen LogP contribution in [0.5, 0.6) is 0 Å². The minimum absolute atomic E-state index is 0.0504. The van der Waals surface area contributed by atoms with Crippen molar-refractivity contribution in [3.8, 4) is 0 Å². The molecule has 3 N–H and O–H groups in total. The van der Waals surface area contributed by atoms with Crippen LogP contribution < -0.4 is 11.4 Å². The Bertz CT molecular complexity index is 728. The van der Waals surface area contributed by atoms with Crippen LogP contribution in [0.15, 0.2) is 23.0 Å². The second kappa shape index (κ2) is 4.49. The zero-order chi connectivity index (χ0) is 13.3. The second-order valence-corrected chi connectivity index (χ2v) is 6.08. The van der Waals surface area contributed by atoms with Crippen LogP contribution in [0, 0.1) is 0 Å². The molecular formula is C11H15N3O3S. The Labute approximate surface area is 104 Å². The molecule has 0 aliphatic rings. The van der Waals surface area contributed by atoms with E-state index in [2.05, 4.69) is 4.98 Å². The fourth-order valence-electron chi connectivity index (χ4n) is 1.79. The van der Waals surface area contributed by atoms with Crippen LogP contribution >= 0.6 is 0 Å². The van der Waals surface area contributed by atoms with Crippen LogP contribution in [-0.2, 0) is 10.0 Å². The van der Waals surface area contributed by atoms with Crippen molar-refractivity contribution in [3.05, 3.63) is 28.7 Å². The predicted octanol–water partition coefficient (Wildman–Crippen LogP) is 0.890. The maximum Gasteiger partial charge on any atom is 0.340 e. The minimum atomic E-state index is -3.64. The summed E-state index contributed by atoms with van der Waals surface area (Å²) in [5.41, 5.74) is 6.16. The lowest BCUT2D eigenvalue weighted by Crippen LogP contribution is -2.27. The van der Waals surface area contributed by atoms with Crippen LogP contribution in [0.2, 0.25) is 0 Å². The van der Waals surface area contributed by atoms with E-state index < -0.39 is 15.7 Å². The highest BCUT2D eigenvalue weighted by molar-refractivity contribution is 7.90. The highest BCUT2D eigenvalue weighted by atomic mass is 32.2. The number of imidazole rings is 1. The van der Waals surface area contributed by atoms with Gasteiger partial charge in [0.15, 0.2) is 0 Å². The summed E-state index contributed by atoms with van der Waals surface area (Å²) in [6.07, 6.45) is 1.27. The van der Waals surface area contributed by atoms with E-state index in [9.17, 15) is 13.2 Å². The molecule has 98 valence electrons. The number of H-pyrrole nitrogens is 1. The monoisotopic (exact) mass is 269 g/mol. The molecule has 1 aromatic heterocycles. The molecule has 0 fully saturated rings. The molecule has 0 bridgehead atoms. The first-order valence-electron chi connectivity index (χ1n) is 5.69. The highest BCUT2D eigenvalue weighted by Crippen LogP contribution is 2.16. The summed E-state index contributed by atoms with van der Waals surface area (Å²) in [5.74, 6) is -0.0504. The van der Waals surface area contributed by atoms with Gasteiger partial charge in [-0.3, -0.25) is 0 Å². The third-order valence-corrected chi connectivity index (χ3v) is 4.42. The number of nitrogen functional groups attached to an aromatic ring is 1. The van der Waals surface area contributed by atoms with E-state index in [0.717, 1.165) is 10.4 Å². The Kier molecular flexibility index (Phi) is 3.16. The summed E-state index contributed by atoms with van der Waals surface area (Å²) in [6.45, 7) is 1.89. The molecular weight excluding hydrogens is 254 g/mol.